The van der Waals surface area contributed by atoms with E-state index in [2.05, 4.69) is 15.7 Å². The average Bonchev–Trinajstić information content (AvgIpc) is 3.00. The van der Waals surface area contributed by atoms with E-state index in [1.165, 1.54) is 6.20 Å². The van der Waals surface area contributed by atoms with Crippen LogP contribution in [0.15, 0.2) is 30.5 Å². The van der Waals surface area contributed by atoms with Crippen LogP contribution in [0.3, 0.4) is 0 Å². The van der Waals surface area contributed by atoms with Crippen molar-refractivity contribution in [1.29, 1.82) is 0 Å². The average molecular weight is 386 g/mol. The molecule has 0 saturated carbocycles. The molecule has 0 radical (unpaired) electrons. The number of hydrogen-bond donors (Lipinski definition) is 3. The summed E-state index contributed by atoms with van der Waals surface area (Å²) in [5.41, 5.74) is 2.91. The molecule has 0 spiro atoms. The van der Waals surface area contributed by atoms with Gasteiger partial charge in [-0.1, -0.05) is 26.0 Å². The van der Waals surface area contributed by atoms with Gasteiger partial charge in [-0.25, -0.2) is 9.48 Å². The van der Waals surface area contributed by atoms with Crippen LogP contribution >= 0.6 is 0 Å². The van der Waals surface area contributed by atoms with E-state index >= 15 is 0 Å². The number of carbonyl (C=O) groups is 3. The van der Waals surface area contributed by atoms with Crippen molar-refractivity contribution in [2.24, 2.45) is 5.92 Å². The van der Waals surface area contributed by atoms with Gasteiger partial charge in [0.25, 0.3) is 5.91 Å². The van der Waals surface area contributed by atoms with Crippen LogP contribution in [0, 0.1) is 19.8 Å². The summed E-state index contributed by atoms with van der Waals surface area (Å²) in [6, 6.07) is 6.75. The number of amides is 2. The molecule has 3 N–H and O–H groups in total. The van der Waals surface area contributed by atoms with Gasteiger partial charge in [-0.3, -0.25) is 9.59 Å². The van der Waals surface area contributed by atoms with Crippen molar-refractivity contribution in [2.75, 3.05) is 6.54 Å². The molecule has 1 aromatic heterocycles. The monoisotopic (exact) mass is 386 g/mol. The number of carbonyl (C=O) groups excluding carboxylic acids is 2. The van der Waals surface area contributed by atoms with Gasteiger partial charge in [-0.15, -0.1) is 0 Å². The Kier molecular flexibility index (Phi) is 6.92. The molecule has 8 nitrogen and oxygen atoms in total. The number of aliphatic carboxylic acids is 1. The van der Waals surface area contributed by atoms with Crippen molar-refractivity contribution in [3.63, 3.8) is 0 Å². The van der Waals surface area contributed by atoms with Gasteiger partial charge in [0.2, 0.25) is 5.91 Å². The molecule has 150 valence electrons. The van der Waals surface area contributed by atoms with Crippen molar-refractivity contribution in [3.05, 3.63) is 47.3 Å². The lowest BCUT2D eigenvalue weighted by Gasteiger charge is -2.16. The standard InChI is InChI=1S/C20H26N4O4/c1-12(2)8-17(20(27)28)23-18(25)11-21-19(26)16-10-22-24(14(16)4)15-7-5-6-13(3)9-15/h5-7,9-10,12,17H,8,11H2,1-4H3,(H,21,26)(H,23,25)(H,27,28)/t17-/m0/s1. The van der Waals surface area contributed by atoms with Gasteiger partial charge in [0, 0.05) is 0 Å². The van der Waals surface area contributed by atoms with Crippen molar-refractivity contribution >= 4 is 17.8 Å². The van der Waals surface area contributed by atoms with Gasteiger partial charge < -0.3 is 15.7 Å². The van der Waals surface area contributed by atoms with Gasteiger partial charge >= 0.3 is 5.97 Å². The fourth-order valence-corrected chi connectivity index (χ4v) is 2.85. The summed E-state index contributed by atoms with van der Waals surface area (Å²) in [5, 5.41) is 18.4. The van der Waals surface area contributed by atoms with E-state index < -0.39 is 23.8 Å². The molecular formula is C20H26N4O4. The Balaban J connectivity index is 2.00. The van der Waals surface area contributed by atoms with E-state index in [0.29, 0.717) is 17.7 Å². The topological polar surface area (TPSA) is 113 Å². The number of benzene rings is 1. The second kappa shape index (κ2) is 9.16. The van der Waals surface area contributed by atoms with Crippen LogP contribution in [0.2, 0.25) is 0 Å². The second-order valence-corrected chi connectivity index (χ2v) is 7.17. The third-order valence-electron chi connectivity index (χ3n) is 4.25. The summed E-state index contributed by atoms with van der Waals surface area (Å²) in [7, 11) is 0. The molecule has 2 aromatic rings. The van der Waals surface area contributed by atoms with E-state index in [-0.39, 0.29) is 12.5 Å². The van der Waals surface area contributed by atoms with E-state index in [0.717, 1.165) is 11.3 Å². The predicted molar refractivity (Wildman–Crippen MR) is 104 cm³/mol. The van der Waals surface area contributed by atoms with E-state index in [4.69, 9.17) is 0 Å². The molecule has 1 aromatic carbocycles. The summed E-state index contributed by atoms with van der Waals surface area (Å²) in [6.45, 7) is 7.18. The maximum Gasteiger partial charge on any atom is 0.326 e. The zero-order chi connectivity index (χ0) is 20.8. The van der Waals surface area contributed by atoms with Gasteiger partial charge in [-0.2, -0.15) is 5.10 Å². The summed E-state index contributed by atoms with van der Waals surface area (Å²) in [5.74, 6) is -1.97. The van der Waals surface area contributed by atoms with E-state index in [1.807, 2.05) is 45.0 Å². The molecule has 1 atom stereocenters. The molecular weight excluding hydrogens is 360 g/mol. The highest BCUT2D eigenvalue weighted by Gasteiger charge is 2.22. The van der Waals surface area contributed by atoms with E-state index in [9.17, 15) is 19.5 Å². The van der Waals surface area contributed by atoms with Gasteiger partial charge in [0.05, 0.1) is 29.7 Å². The molecule has 2 amide bonds. The van der Waals surface area contributed by atoms with Crippen LogP contribution < -0.4 is 10.6 Å². The maximum absolute atomic E-state index is 12.4. The van der Waals surface area contributed by atoms with E-state index in [1.54, 1.807) is 11.6 Å². The summed E-state index contributed by atoms with van der Waals surface area (Å²) in [4.78, 5) is 35.7. The number of rotatable bonds is 8. The smallest absolute Gasteiger partial charge is 0.326 e. The summed E-state index contributed by atoms with van der Waals surface area (Å²) in [6.07, 6.45) is 1.76. The molecule has 28 heavy (non-hydrogen) atoms. The second-order valence-electron chi connectivity index (χ2n) is 7.17. The van der Waals surface area contributed by atoms with Crippen LogP contribution in [0.1, 0.15) is 41.9 Å². The fraction of sp³-hybridized carbons (Fsp3) is 0.400. The minimum absolute atomic E-state index is 0.117. The zero-order valence-electron chi connectivity index (χ0n) is 16.5. The molecule has 8 heteroatoms. The Labute approximate surface area is 163 Å². The first-order valence-corrected chi connectivity index (χ1v) is 9.11. The number of carboxylic acids is 1. The fourth-order valence-electron chi connectivity index (χ4n) is 2.85. The molecule has 0 unspecified atom stereocenters. The predicted octanol–water partition coefficient (Wildman–Crippen LogP) is 1.83. The zero-order valence-corrected chi connectivity index (χ0v) is 16.5. The lowest BCUT2D eigenvalue weighted by atomic mass is 10.0. The van der Waals surface area contributed by atoms with Crippen molar-refractivity contribution in [2.45, 2.75) is 40.2 Å². The third-order valence-corrected chi connectivity index (χ3v) is 4.25. The number of nitrogens with one attached hydrogen (secondary N) is 2. The third kappa shape index (κ3) is 5.42. The Bertz CT molecular complexity index is 873. The molecule has 0 aliphatic heterocycles. The maximum atomic E-state index is 12.4. The highest BCUT2D eigenvalue weighted by atomic mass is 16.4. The van der Waals surface area contributed by atoms with Crippen LogP contribution in [0.4, 0.5) is 0 Å². The number of hydrogen-bond acceptors (Lipinski definition) is 4. The molecule has 1 heterocycles. The van der Waals surface area contributed by atoms with Crippen LogP contribution in [-0.4, -0.2) is 45.3 Å². The first-order chi connectivity index (χ1) is 13.2. The highest BCUT2D eigenvalue weighted by molar-refractivity contribution is 5.97. The number of nitrogens with zero attached hydrogens (tertiary/aromatic N) is 2. The minimum Gasteiger partial charge on any atom is -0.480 e. The Morgan fingerprint density at radius 3 is 2.54 bits per heavy atom. The molecule has 0 saturated heterocycles. The lowest BCUT2D eigenvalue weighted by Crippen LogP contribution is -2.46. The van der Waals surface area contributed by atoms with Crippen molar-refractivity contribution in [1.82, 2.24) is 20.4 Å². The number of aromatic nitrogens is 2. The quantitative estimate of drug-likeness (QED) is 0.641. The first kappa shape index (κ1) is 21.1. The van der Waals surface area contributed by atoms with Gasteiger partial charge in [0.1, 0.15) is 6.04 Å². The van der Waals surface area contributed by atoms with Crippen molar-refractivity contribution < 1.29 is 19.5 Å². The number of carboxylic acid groups (broad SMARTS) is 1. The largest absolute Gasteiger partial charge is 0.480 e. The lowest BCUT2D eigenvalue weighted by molar-refractivity contribution is -0.142. The SMILES string of the molecule is Cc1cccc(-n2ncc(C(=O)NCC(=O)N[C@@H](CC(C)C)C(=O)O)c2C)c1. The Hall–Kier alpha value is -3.16. The Morgan fingerprint density at radius 1 is 1.21 bits per heavy atom. The van der Waals surface area contributed by atoms with Gasteiger partial charge in [-0.05, 0) is 43.9 Å². The molecule has 0 fully saturated rings. The highest BCUT2D eigenvalue weighted by Crippen LogP contribution is 2.15. The summed E-state index contributed by atoms with van der Waals surface area (Å²) < 4.78 is 1.66. The van der Waals surface area contributed by atoms with Crippen LogP contribution in [0.25, 0.3) is 5.69 Å². The number of aryl methyl sites for hydroxylation is 1. The molecule has 0 bridgehead atoms. The van der Waals surface area contributed by atoms with Gasteiger partial charge in [0.15, 0.2) is 0 Å². The summed E-state index contributed by atoms with van der Waals surface area (Å²) >= 11 is 0. The molecule has 0 aliphatic carbocycles. The van der Waals surface area contributed by atoms with Crippen LogP contribution in [0.5, 0.6) is 0 Å². The normalized spacial score (nSPS) is 11.9. The minimum atomic E-state index is -1.09. The van der Waals surface area contributed by atoms with Crippen LogP contribution in [-0.2, 0) is 9.59 Å². The molecule has 0 aliphatic rings. The molecule has 2 rings (SSSR count). The first-order valence-electron chi connectivity index (χ1n) is 9.11. The Morgan fingerprint density at radius 2 is 1.93 bits per heavy atom. The van der Waals surface area contributed by atoms with Crippen molar-refractivity contribution in [3.8, 4) is 5.69 Å².